The monoisotopic (exact) mass is 348 g/mol. The van der Waals surface area contributed by atoms with Gasteiger partial charge in [-0.15, -0.1) is 0 Å². The molecular formula is C17H21BrN2O. The maximum atomic E-state index is 12.8. The molecule has 1 aliphatic heterocycles. The van der Waals surface area contributed by atoms with Crippen LogP contribution >= 0.6 is 15.9 Å². The zero-order valence-electron chi connectivity index (χ0n) is 12.6. The number of aromatic amines is 1. The quantitative estimate of drug-likeness (QED) is 0.891. The molecule has 1 N–H and O–H groups in total. The number of hydrogen-bond acceptors (Lipinski definition) is 2. The summed E-state index contributed by atoms with van der Waals surface area (Å²) in [7, 11) is 0. The van der Waals surface area contributed by atoms with E-state index in [0.717, 1.165) is 39.7 Å². The fourth-order valence-corrected chi connectivity index (χ4v) is 3.57. The zero-order valence-corrected chi connectivity index (χ0v) is 14.2. The van der Waals surface area contributed by atoms with Crippen molar-refractivity contribution in [3.63, 3.8) is 0 Å². The summed E-state index contributed by atoms with van der Waals surface area (Å²) >= 11 is 3.45. The van der Waals surface area contributed by atoms with Crippen LogP contribution in [0.15, 0.2) is 27.5 Å². The molecule has 3 rings (SSSR count). The Bertz CT molecular complexity index is 723. The van der Waals surface area contributed by atoms with E-state index in [-0.39, 0.29) is 5.43 Å². The Morgan fingerprint density at radius 2 is 2.19 bits per heavy atom. The summed E-state index contributed by atoms with van der Waals surface area (Å²) in [6, 6.07) is 6.40. The van der Waals surface area contributed by atoms with Crippen molar-refractivity contribution in [3.8, 4) is 0 Å². The molecule has 1 unspecified atom stereocenters. The molecule has 0 aliphatic carbocycles. The van der Waals surface area contributed by atoms with Crippen molar-refractivity contribution in [1.29, 1.82) is 0 Å². The summed E-state index contributed by atoms with van der Waals surface area (Å²) in [5.74, 6) is 0. The van der Waals surface area contributed by atoms with Crippen LogP contribution in [0.4, 0.5) is 0 Å². The lowest BCUT2D eigenvalue weighted by molar-refractivity contribution is 0.152. The first-order valence-electron chi connectivity index (χ1n) is 7.61. The van der Waals surface area contributed by atoms with Crippen molar-refractivity contribution in [2.45, 2.75) is 45.7 Å². The number of aryl methyl sites for hydroxylation is 1. The lowest BCUT2D eigenvalue weighted by atomic mass is 10.0. The van der Waals surface area contributed by atoms with Gasteiger partial charge in [0.2, 0.25) is 0 Å². The third-order valence-electron chi connectivity index (χ3n) is 4.58. The van der Waals surface area contributed by atoms with Gasteiger partial charge in [-0.2, -0.15) is 0 Å². The lowest BCUT2D eigenvalue weighted by Crippen LogP contribution is -2.38. The topological polar surface area (TPSA) is 36.1 Å². The number of fused-ring (bicyclic) bond motifs is 1. The van der Waals surface area contributed by atoms with Crippen molar-refractivity contribution in [2.24, 2.45) is 0 Å². The van der Waals surface area contributed by atoms with Gasteiger partial charge >= 0.3 is 0 Å². The smallest absolute Gasteiger partial charge is 0.194 e. The minimum absolute atomic E-state index is 0.167. The van der Waals surface area contributed by atoms with E-state index >= 15 is 0 Å². The van der Waals surface area contributed by atoms with Gasteiger partial charge in [-0.3, -0.25) is 9.69 Å². The second-order valence-corrected chi connectivity index (χ2v) is 6.98. The predicted octanol–water partition coefficient (Wildman–Crippen LogP) is 3.97. The number of nitrogens with one attached hydrogen (secondary N) is 1. The number of H-pyrrole nitrogens is 1. The summed E-state index contributed by atoms with van der Waals surface area (Å²) in [6.45, 7) is 6.12. The van der Waals surface area contributed by atoms with Crippen LogP contribution in [0.2, 0.25) is 0 Å². The number of piperidine rings is 1. The molecule has 1 atom stereocenters. The Hall–Kier alpha value is -1.13. The van der Waals surface area contributed by atoms with Gasteiger partial charge in [-0.1, -0.05) is 22.4 Å². The van der Waals surface area contributed by atoms with E-state index in [1.165, 1.54) is 19.3 Å². The predicted molar refractivity (Wildman–Crippen MR) is 90.7 cm³/mol. The molecule has 0 spiro atoms. The molecule has 1 saturated heterocycles. The third-order valence-corrected chi connectivity index (χ3v) is 5.07. The number of nitrogens with zero attached hydrogens (tertiary/aromatic N) is 1. The van der Waals surface area contributed by atoms with Crippen LogP contribution in [0, 0.1) is 6.92 Å². The molecule has 2 aromatic rings. The van der Waals surface area contributed by atoms with Crippen LogP contribution in [0.1, 0.15) is 37.4 Å². The molecule has 0 saturated carbocycles. The SMILES string of the molecule is Cc1[nH]c2ccc(Br)cc2c(=O)c1CN1CCCCC1C. The molecule has 0 amide bonds. The highest BCUT2D eigenvalue weighted by Gasteiger charge is 2.20. The number of hydrogen-bond donors (Lipinski definition) is 1. The molecule has 1 aliphatic rings. The van der Waals surface area contributed by atoms with Crippen molar-refractivity contribution < 1.29 is 0 Å². The van der Waals surface area contributed by atoms with Crippen molar-refractivity contribution >= 4 is 26.8 Å². The van der Waals surface area contributed by atoms with Crippen molar-refractivity contribution in [3.05, 3.63) is 44.2 Å². The molecular weight excluding hydrogens is 328 g/mol. The van der Waals surface area contributed by atoms with E-state index in [0.29, 0.717) is 6.04 Å². The first kappa shape index (κ1) is 14.8. The van der Waals surface area contributed by atoms with E-state index in [9.17, 15) is 4.79 Å². The molecule has 1 aromatic carbocycles. The van der Waals surface area contributed by atoms with Gasteiger partial charge in [0, 0.05) is 39.2 Å². The average Bonchev–Trinajstić information content (AvgIpc) is 2.46. The van der Waals surface area contributed by atoms with E-state index < -0.39 is 0 Å². The summed E-state index contributed by atoms with van der Waals surface area (Å²) in [5, 5.41) is 0.773. The molecule has 112 valence electrons. The molecule has 1 fully saturated rings. The van der Waals surface area contributed by atoms with Gasteiger partial charge < -0.3 is 4.98 Å². The number of likely N-dealkylation sites (tertiary alicyclic amines) is 1. The Kier molecular flexibility index (Phi) is 4.18. The molecule has 21 heavy (non-hydrogen) atoms. The number of benzene rings is 1. The highest BCUT2D eigenvalue weighted by atomic mass is 79.9. The summed E-state index contributed by atoms with van der Waals surface area (Å²) in [5.41, 5.74) is 2.98. The van der Waals surface area contributed by atoms with Gasteiger partial charge in [-0.05, 0) is 51.4 Å². The molecule has 3 nitrogen and oxygen atoms in total. The molecule has 0 radical (unpaired) electrons. The Morgan fingerprint density at radius 3 is 2.95 bits per heavy atom. The van der Waals surface area contributed by atoms with Gasteiger partial charge in [0.1, 0.15) is 0 Å². The Labute approximate surface area is 133 Å². The lowest BCUT2D eigenvalue weighted by Gasteiger charge is -2.33. The molecule has 1 aromatic heterocycles. The second-order valence-electron chi connectivity index (χ2n) is 6.06. The Balaban J connectivity index is 2.03. The summed E-state index contributed by atoms with van der Waals surface area (Å²) < 4.78 is 0.946. The summed E-state index contributed by atoms with van der Waals surface area (Å²) in [4.78, 5) is 18.6. The highest BCUT2D eigenvalue weighted by molar-refractivity contribution is 9.10. The third kappa shape index (κ3) is 2.92. The molecule has 2 heterocycles. The number of pyridine rings is 1. The first-order chi connectivity index (χ1) is 10.1. The van der Waals surface area contributed by atoms with Gasteiger partial charge in [0.05, 0.1) is 0 Å². The molecule has 0 bridgehead atoms. The van der Waals surface area contributed by atoms with Crippen LogP contribution in [0.3, 0.4) is 0 Å². The van der Waals surface area contributed by atoms with Gasteiger partial charge in [0.15, 0.2) is 5.43 Å². The number of aromatic nitrogens is 1. The standard InChI is InChI=1S/C17H21BrN2O/c1-11-5-3-4-8-20(11)10-15-12(2)19-16-7-6-13(18)9-14(16)17(15)21/h6-7,9,11H,3-5,8,10H2,1-2H3,(H,19,21). The van der Waals surface area contributed by atoms with Crippen molar-refractivity contribution in [2.75, 3.05) is 6.54 Å². The van der Waals surface area contributed by atoms with Crippen LogP contribution < -0.4 is 5.43 Å². The van der Waals surface area contributed by atoms with Crippen LogP contribution in [-0.2, 0) is 6.54 Å². The van der Waals surface area contributed by atoms with Crippen LogP contribution in [0.5, 0.6) is 0 Å². The van der Waals surface area contributed by atoms with E-state index in [4.69, 9.17) is 0 Å². The fourth-order valence-electron chi connectivity index (χ4n) is 3.21. The van der Waals surface area contributed by atoms with Crippen LogP contribution in [-0.4, -0.2) is 22.5 Å². The minimum atomic E-state index is 0.167. The van der Waals surface area contributed by atoms with E-state index in [1.54, 1.807) is 0 Å². The normalized spacial score (nSPS) is 20.0. The second kappa shape index (κ2) is 5.93. The maximum Gasteiger partial charge on any atom is 0.194 e. The van der Waals surface area contributed by atoms with Crippen LogP contribution in [0.25, 0.3) is 10.9 Å². The number of halogens is 1. The van der Waals surface area contributed by atoms with Gasteiger partial charge in [0.25, 0.3) is 0 Å². The Morgan fingerprint density at radius 1 is 1.38 bits per heavy atom. The van der Waals surface area contributed by atoms with Crippen molar-refractivity contribution in [1.82, 2.24) is 9.88 Å². The highest BCUT2D eigenvalue weighted by Crippen LogP contribution is 2.21. The summed E-state index contributed by atoms with van der Waals surface area (Å²) in [6.07, 6.45) is 3.77. The fraction of sp³-hybridized carbons (Fsp3) is 0.471. The largest absolute Gasteiger partial charge is 0.358 e. The molecule has 4 heteroatoms. The van der Waals surface area contributed by atoms with Gasteiger partial charge in [-0.25, -0.2) is 0 Å². The first-order valence-corrected chi connectivity index (χ1v) is 8.40. The average molecular weight is 349 g/mol. The van der Waals surface area contributed by atoms with E-state index in [1.807, 2.05) is 25.1 Å². The number of rotatable bonds is 2. The maximum absolute atomic E-state index is 12.8. The minimum Gasteiger partial charge on any atom is -0.358 e. The zero-order chi connectivity index (χ0) is 15.0. The van der Waals surface area contributed by atoms with E-state index in [2.05, 4.69) is 32.7 Å².